The van der Waals surface area contributed by atoms with Gasteiger partial charge in [-0.2, -0.15) is 0 Å². The summed E-state index contributed by atoms with van der Waals surface area (Å²) in [5, 5.41) is 10.3. The van der Waals surface area contributed by atoms with E-state index in [0.29, 0.717) is 5.41 Å². The second kappa shape index (κ2) is 4.32. The van der Waals surface area contributed by atoms with Crippen molar-refractivity contribution in [3.05, 3.63) is 35.4 Å². The Balaban J connectivity index is 1.78. The third-order valence-corrected chi connectivity index (χ3v) is 4.79. The van der Waals surface area contributed by atoms with Crippen molar-refractivity contribution >= 4 is 0 Å². The Kier molecular flexibility index (Phi) is 2.99. The molecule has 1 aromatic rings. The van der Waals surface area contributed by atoms with Gasteiger partial charge >= 0.3 is 0 Å². The number of aliphatic hydroxyl groups is 1. The molecule has 2 aliphatic rings. The Hall–Kier alpha value is -0.860. The molecule has 0 aromatic heterocycles. The van der Waals surface area contributed by atoms with Gasteiger partial charge < -0.3 is 5.11 Å². The van der Waals surface area contributed by atoms with Crippen molar-refractivity contribution in [3.63, 3.8) is 0 Å². The lowest BCUT2D eigenvalue weighted by atomic mass is 9.85. The van der Waals surface area contributed by atoms with Gasteiger partial charge in [-0.1, -0.05) is 45.0 Å². The number of hydrogen-bond donors (Lipinski definition) is 1. The summed E-state index contributed by atoms with van der Waals surface area (Å²) in [5.41, 5.74) is 3.41. The van der Waals surface area contributed by atoms with E-state index in [1.54, 1.807) is 5.56 Å². The van der Waals surface area contributed by atoms with Crippen LogP contribution in [0.5, 0.6) is 0 Å². The van der Waals surface area contributed by atoms with Crippen molar-refractivity contribution < 1.29 is 5.11 Å². The van der Waals surface area contributed by atoms with E-state index in [4.69, 9.17) is 0 Å². The molecule has 1 aromatic carbocycles. The normalized spacial score (nSPS) is 23.2. The summed E-state index contributed by atoms with van der Waals surface area (Å²) in [6, 6.07) is 8.86. The predicted molar refractivity (Wildman–Crippen MR) is 78.1 cm³/mol. The van der Waals surface area contributed by atoms with Crippen molar-refractivity contribution in [1.29, 1.82) is 0 Å². The molecular weight excluding hydrogens is 234 g/mol. The van der Waals surface area contributed by atoms with Crippen molar-refractivity contribution in [2.24, 2.45) is 5.41 Å². The number of fused-ring (bicyclic) bond motifs is 2. The van der Waals surface area contributed by atoms with Crippen molar-refractivity contribution in [3.8, 4) is 0 Å². The highest BCUT2D eigenvalue weighted by Crippen LogP contribution is 2.52. The van der Waals surface area contributed by atoms with E-state index >= 15 is 0 Å². The zero-order valence-corrected chi connectivity index (χ0v) is 12.3. The molecule has 2 nitrogen and oxygen atoms in total. The molecule has 3 rings (SSSR count). The second-order valence-corrected chi connectivity index (χ2v) is 7.49. The minimum absolute atomic E-state index is 0.0340. The van der Waals surface area contributed by atoms with Gasteiger partial charge in [0.1, 0.15) is 0 Å². The van der Waals surface area contributed by atoms with Crippen molar-refractivity contribution in [2.75, 3.05) is 13.1 Å². The fourth-order valence-electron chi connectivity index (χ4n) is 3.21. The zero-order chi connectivity index (χ0) is 13.7. The lowest BCUT2D eigenvalue weighted by Crippen LogP contribution is -2.45. The van der Waals surface area contributed by atoms with Crippen molar-refractivity contribution in [1.82, 2.24) is 4.90 Å². The average Bonchev–Trinajstić information content (AvgIpc) is 3.08. The number of β-amino-alcohol motifs (C(OH)–C–C–N with tert-alkyl or cyclic N) is 1. The molecule has 19 heavy (non-hydrogen) atoms. The highest BCUT2D eigenvalue weighted by molar-refractivity contribution is 5.41. The van der Waals surface area contributed by atoms with Gasteiger partial charge in [0.25, 0.3) is 0 Å². The van der Waals surface area contributed by atoms with Gasteiger partial charge in [0, 0.05) is 25.0 Å². The first kappa shape index (κ1) is 13.1. The van der Waals surface area contributed by atoms with Crippen LogP contribution in [0.15, 0.2) is 24.3 Å². The molecule has 1 saturated carbocycles. The summed E-state index contributed by atoms with van der Waals surface area (Å²) < 4.78 is 0. The smallest absolute Gasteiger partial charge is 0.0715 e. The SMILES string of the molecule is CC(C)(C)C(O)CN1Cc2ccccc2C2(CC2)C1. The van der Waals surface area contributed by atoms with Crippen LogP contribution in [-0.4, -0.2) is 29.2 Å². The molecule has 1 unspecified atom stereocenters. The monoisotopic (exact) mass is 259 g/mol. The minimum atomic E-state index is -0.256. The molecule has 2 heteroatoms. The maximum atomic E-state index is 10.3. The molecule has 1 aliphatic heterocycles. The first-order valence-corrected chi connectivity index (χ1v) is 7.40. The fourth-order valence-corrected chi connectivity index (χ4v) is 3.21. The van der Waals surface area contributed by atoms with Crippen LogP contribution in [0.25, 0.3) is 0 Å². The molecule has 1 atom stereocenters. The zero-order valence-electron chi connectivity index (χ0n) is 12.3. The van der Waals surface area contributed by atoms with E-state index < -0.39 is 0 Å². The van der Waals surface area contributed by atoms with E-state index in [9.17, 15) is 5.11 Å². The Morgan fingerprint density at radius 1 is 1.26 bits per heavy atom. The maximum Gasteiger partial charge on any atom is 0.0715 e. The standard InChI is InChI=1S/C17H25NO/c1-16(2,3)15(19)11-18-10-13-6-4-5-7-14(13)17(12-18)8-9-17/h4-7,15,19H,8-12H2,1-3H3. The Labute approximate surface area is 116 Å². The molecule has 1 aliphatic carbocycles. The van der Waals surface area contributed by atoms with E-state index in [-0.39, 0.29) is 11.5 Å². The molecule has 0 radical (unpaired) electrons. The van der Waals surface area contributed by atoms with Gasteiger partial charge in [-0.25, -0.2) is 0 Å². The Morgan fingerprint density at radius 2 is 1.95 bits per heavy atom. The van der Waals surface area contributed by atoms with Crippen LogP contribution in [0.2, 0.25) is 0 Å². The van der Waals surface area contributed by atoms with Gasteiger partial charge in [0.05, 0.1) is 6.10 Å². The number of rotatable bonds is 2. The highest BCUT2D eigenvalue weighted by atomic mass is 16.3. The average molecular weight is 259 g/mol. The molecule has 104 valence electrons. The lowest BCUT2D eigenvalue weighted by molar-refractivity contribution is 0.0210. The minimum Gasteiger partial charge on any atom is -0.391 e. The van der Waals surface area contributed by atoms with E-state index in [0.717, 1.165) is 19.6 Å². The Morgan fingerprint density at radius 3 is 2.58 bits per heavy atom. The largest absolute Gasteiger partial charge is 0.391 e. The third kappa shape index (κ3) is 2.44. The van der Waals surface area contributed by atoms with Crippen LogP contribution in [0.3, 0.4) is 0 Å². The van der Waals surface area contributed by atoms with E-state index in [1.165, 1.54) is 18.4 Å². The number of benzene rings is 1. The summed E-state index contributed by atoms with van der Waals surface area (Å²) in [7, 11) is 0. The number of nitrogens with zero attached hydrogens (tertiary/aromatic N) is 1. The maximum absolute atomic E-state index is 10.3. The highest BCUT2D eigenvalue weighted by Gasteiger charge is 2.49. The summed E-state index contributed by atoms with van der Waals surface area (Å²) in [4.78, 5) is 2.45. The molecule has 1 spiro atoms. The van der Waals surface area contributed by atoms with Crippen LogP contribution in [0.4, 0.5) is 0 Å². The van der Waals surface area contributed by atoms with Crippen LogP contribution in [-0.2, 0) is 12.0 Å². The van der Waals surface area contributed by atoms with Crippen LogP contribution < -0.4 is 0 Å². The summed E-state index contributed by atoms with van der Waals surface area (Å²) in [6.45, 7) is 9.25. The lowest BCUT2D eigenvalue weighted by Gasteiger charge is -2.38. The van der Waals surface area contributed by atoms with E-state index in [1.807, 2.05) is 0 Å². The van der Waals surface area contributed by atoms with Gasteiger partial charge in [0.2, 0.25) is 0 Å². The molecule has 1 fully saturated rings. The molecule has 1 heterocycles. The van der Waals surface area contributed by atoms with Gasteiger partial charge in [-0.3, -0.25) is 4.90 Å². The van der Waals surface area contributed by atoms with Crippen LogP contribution >= 0.6 is 0 Å². The third-order valence-electron chi connectivity index (χ3n) is 4.79. The summed E-state index contributed by atoms with van der Waals surface area (Å²) >= 11 is 0. The summed E-state index contributed by atoms with van der Waals surface area (Å²) in [6.07, 6.45) is 2.37. The molecular formula is C17H25NO. The molecule has 1 N–H and O–H groups in total. The number of hydrogen-bond acceptors (Lipinski definition) is 2. The predicted octanol–water partition coefficient (Wildman–Crippen LogP) is 2.94. The van der Waals surface area contributed by atoms with Gasteiger partial charge in [-0.15, -0.1) is 0 Å². The first-order chi connectivity index (χ1) is 8.91. The molecule has 0 bridgehead atoms. The van der Waals surface area contributed by atoms with Crippen LogP contribution in [0.1, 0.15) is 44.7 Å². The summed E-state index contributed by atoms with van der Waals surface area (Å²) in [5.74, 6) is 0. The molecule has 0 amide bonds. The first-order valence-electron chi connectivity index (χ1n) is 7.40. The quantitative estimate of drug-likeness (QED) is 0.882. The molecule has 0 saturated heterocycles. The number of aliphatic hydroxyl groups excluding tert-OH is 1. The van der Waals surface area contributed by atoms with Crippen LogP contribution in [0, 0.1) is 5.41 Å². The topological polar surface area (TPSA) is 23.5 Å². The fraction of sp³-hybridized carbons (Fsp3) is 0.647. The Bertz CT molecular complexity index is 470. The van der Waals surface area contributed by atoms with Gasteiger partial charge in [-0.05, 0) is 29.4 Å². The van der Waals surface area contributed by atoms with Crippen molar-refractivity contribution in [2.45, 2.75) is 51.7 Å². The van der Waals surface area contributed by atoms with E-state index in [2.05, 4.69) is 49.9 Å². The second-order valence-electron chi connectivity index (χ2n) is 7.49. The van der Waals surface area contributed by atoms with Gasteiger partial charge in [0.15, 0.2) is 0 Å².